The Hall–Kier alpha value is -0.940. The second-order valence-corrected chi connectivity index (χ2v) is 8.56. The van der Waals surface area contributed by atoms with Crippen LogP contribution in [-0.4, -0.2) is 70.9 Å². The summed E-state index contributed by atoms with van der Waals surface area (Å²) < 4.78 is 32.9. The fraction of sp³-hybridized carbons (Fsp3) is 0.750. The first-order valence-corrected chi connectivity index (χ1v) is 12.8. The highest BCUT2D eigenvalue weighted by atomic mass is 32.2. The summed E-state index contributed by atoms with van der Waals surface area (Å²) in [4.78, 5) is 11.7. The molecule has 2 rings (SSSR count). The van der Waals surface area contributed by atoms with Crippen LogP contribution in [-0.2, 0) is 14.2 Å². The molecule has 0 unspecified atom stereocenters. The molecule has 1 aromatic heterocycles. The number of imidazole rings is 1. The van der Waals surface area contributed by atoms with E-state index in [0.29, 0.717) is 36.4 Å². The molecule has 4 atom stereocenters. The third-order valence-electron chi connectivity index (χ3n) is 4.72. The van der Waals surface area contributed by atoms with E-state index in [1.54, 1.807) is 12.5 Å². The SMILES string of the molecule is CCCCOC[C@H]1O[C@@H](c2cnc(C(=NC(=N)SC)SC)[nH]2)[C@H](F)[C@@H]1OCCCC. The number of nitrogens with one attached hydrogen (secondary N) is 2. The lowest BCUT2D eigenvalue weighted by molar-refractivity contribution is -0.0671. The van der Waals surface area contributed by atoms with Crippen molar-refractivity contribution in [1.29, 1.82) is 5.41 Å². The quantitative estimate of drug-likeness (QED) is 0.285. The Labute approximate surface area is 186 Å². The maximum atomic E-state index is 15.3. The van der Waals surface area contributed by atoms with Crippen LogP contribution in [0.4, 0.5) is 4.39 Å². The van der Waals surface area contributed by atoms with Crippen molar-refractivity contribution in [1.82, 2.24) is 9.97 Å². The number of halogens is 1. The van der Waals surface area contributed by atoms with Crippen LogP contribution in [0.15, 0.2) is 11.2 Å². The second-order valence-electron chi connectivity index (χ2n) is 6.97. The van der Waals surface area contributed by atoms with Crippen LogP contribution in [0, 0.1) is 5.41 Å². The summed E-state index contributed by atoms with van der Waals surface area (Å²) in [7, 11) is 0. The summed E-state index contributed by atoms with van der Waals surface area (Å²) in [6.45, 7) is 5.60. The molecule has 170 valence electrons. The summed E-state index contributed by atoms with van der Waals surface area (Å²) in [6, 6.07) is 0. The number of rotatable bonds is 11. The van der Waals surface area contributed by atoms with E-state index < -0.39 is 24.5 Å². The number of thioether (sulfide) groups is 2. The minimum Gasteiger partial charge on any atom is -0.379 e. The van der Waals surface area contributed by atoms with Gasteiger partial charge in [0.05, 0.1) is 18.5 Å². The van der Waals surface area contributed by atoms with Crippen LogP contribution in [0.1, 0.15) is 57.2 Å². The van der Waals surface area contributed by atoms with E-state index in [4.69, 9.17) is 19.6 Å². The Morgan fingerprint density at radius 2 is 2.00 bits per heavy atom. The van der Waals surface area contributed by atoms with Crippen molar-refractivity contribution in [2.45, 2.75) is 64.0 Å². The van der Waals surface area contributed by atoms with E-state index >= 15 is 4.39 Å². The third kappa shape index (κ3) is 7.05. The van der Waals surface area contributed by atoms with Gasteiger partial charge in [0.15, 0.2) is 17.2 Å². The van der Waals surface area contributed by atoms with E-state index in [1.165, 1.54) is 23.5 Å². The first-order valence-electron chi connectivity index (χ1n) is 10.3. The molecule has 10 heteroatoms. The van der Waals surface area contributed by atoms with E-state index in [-0.39, 0.29) is 5.17 Å². The van der Waals surface area contributed by atoms with Gasteiger partial charge in [0, 0.05) is 13.2 Å². The number of aromatic amines is 1. The van der Waals surface area contributed by atoms with Gasteiger partial charge < -0.3 is 19.2 Å². The molecule has 30 heavy (non-hydrogen) atoms. The average molecular weight is 461 g/mol. The number of ether oxygens (including phenoxy) is 3. The number of hydrogen-bond acceptors (Lipinski definition) is 7. The molecule has 1 aromatic rings. The van der Waals surface area contributed by atoms with Gasteiger partial charge in [-0.2, -0.15) is 0 Å². The van der Waals surface area contributed by atoms with Crippen molar-refractivity contribution in [3.63, 3.8) is 0 Å². The van der Waals surface area contributed by atoms with E-state index in [2.05, 4.69) is 28.8 Å². The first kappa shape index (κ1) is 25.3. The number of H-pyrrole nitrogens is 1. The van der Waals surface area contributed by atoms with Crippen molar-refractivity contribution in [2.75, 3.05) is 32.3 Å². The minimum absolute atomic E-state index is 0.187. The van der Waals surface area contributed by atoms with Gasteiger partial charge in [-0.1, -0.05) is 38.5 Å². The molecule has 0 amide bonds. The van der Waals surface area contributed by atoms with E-state index in [1.807, 2.05) is 6.26 Å². The van der Waals surface area contributed by atoms with Gasteiger partial charge in [-0.25, -0.2) is 14.4 Å². The summed E-state index contributed by atoms with van der Waals surface area (Å²) in [5.41, 5.74) is 0.537. The molecule has 0 aliphatic carbocycles. The Kier molecular flexibility index (Phi) is 11.4. The zero-order chi connectivity index (χ0) is 21.9. The van der Waals surface area contributed by atoms with Crippen molar-refractivity contribution in [3.05, 3.63) is 17.7 Å². The summed E-state index contributed by atoms with van der Waals surface area (Å²) in [5, 5.41) is 8.52. The molecule has 1 fully saturated rings. The highest BCUT2D eigenvalue weighted by Crippen LogP contribution is 2.37. The first-order chi connectivity index (χ1) is 14.5. The van der Waals surface area contributed by atoms with Crippen molar-refractivity contribution < 1.29 is 18.6 Å². The van der Waals surface area contributed by atoms with Gasteiger partial charge in [0.25, 0.3) is 0 Å². The Morgan fingerprint density at radius 3 is 2.67 bits per heavy atom. The standard InChI is InChI=1S/C20H33FN4O3S2/c1-5-7-9-26-12-14-17(27-10-8-6-2)15(21)16(28-14)13-11-23-18(24-13)19(29-3)25-20(22)30-4/h11,14-17,22H,5-10,12H2,1-4H3,(H,23,24)/t14-,15+,16+,17-/m1/s1. The van der Waals surface area contributed by atoms with Crippen LogP contribution in [0.3, 0.4) is 0 Å². The van der Waals surface area contributed by atoms with Gasteiger partial charge in [0.2, 0.25) is 0 Å². The topological polar surface area (TPSA) is 92.6 Å². The summed E-state index contributed by atoms with van der Waals surface area (Å²) in [6.07, 6.45) is 5.82. The average Bonchev–Trinajstić information content (AvgIpc) is 3.35. The highest BCUT2D eigenvalue weighted by Gasteiger charge is 2.47. The summed E-state index contributed by atoms with van der Waals surface area (Å²) >= 11 is 2.62. The minimum atomic E-state index is -1.32. The molecule has 1 aliphatic heterocycles. The molecule has 7 nitrogen and oxygen atoms in total. The zero-order valence-electron chi connectivity index (χ0n) is 18.2. The fourth-order valence-electron chi connectivity index (χ4n) is 3.03. The molecule has 0 aromatic carbocycles. The number of aromatic nitrogens is 2. The van der Waals surface area contributed by atoms with E-state index in [0.717, 1.165) is 25.7 Å². The number of hydrogen-bond donors (Lipinski definition) is 2. The van der Waals surface area contributed by atoms with Gasteiger partial charge >= 0.3 is 0 Å². The number of alkyl halides is 1. The molecule has 0 spiro atoms. The van der Waals surface area contributed by atoms with Gasteiger partial charge in [0.1, 0.15) is 23.4 Å². The maximum Gasteiger partial charge on any atom is 0.180 e. The van der Waals surface area contributed by atoms with Crippen LogP contribution in [0.5, 0.6) is 0 Å². The molecular formula is C20H33FN4O3S2. The monoisotopic (exact) mass is 460 g/mol. The summed E-state index contributed by atoms with van der Waals surface area (Å²) in [5.74, 6) is 0.498. The van der Waals surface area contributed by atoms with Crippen molar-refractivity contribution >= 4 is 33.7 Å². The number of nitrogens with zero attached hydrogens (tertiary/aromatic N) is 2. The van der Waals surface area contributed by atoms with Crippen LogP contribution < -0.4 is 0 Å². The third-order valence-corrected chi connectivity index (χ3v) is 5.87. The van der Waals surface area contributed by atoms with Gasteiger partial charge in [-0.3, -0.25) is 5.41 Å². The molecule has 1 saturated heterocycles. The largest absolute Gasteiger partial charge is 0.379 e. The second kappa shape index (κ2) is 13.5. The Balaban J connectivity index is 2.12. The van der Waals surface area contributed by atoms with Crippen molar-refractivity contribution in [2.24, 2.45) is 4.99 Å². The lowest BCUT2D eigenvalue weighted by Crippen LogP contribution is -2.34. The smallest absolute Gasteiger partial charge is 0.180 e. The highest BCUT2D eigenvalue weighted by molar-refractivity contribution is 8.15. The molecule has 2 N–H and O–H groups in total. The number of amidine groups is 1. The maximum absolute atomic E-state index is 15.3. The molecule has 0 radical (unpaired) electrons. The Morgan fingerprint density at radius 1 is 1.27 bits per heavy atom. The molecule has 1 aliphatic rings. The van der Waals surface area contributed by atoms with Crippen LogP contribution in [0.25, 0.3) is 0 Å². The Bertz CT molecular complexity index is 689. The lowest BCUT2D eigenvalue weighted by Gasteiger charge is -2.20. The molecule has 2 heterocycles. The number of unbranched alkanes of at least 4 members (excludes halogenated alkanes) is 2. The number of aliphatic imine (C=N–C) groups is 1. The molecule has 0 bridgehead atoms. The van der Waals surface area contributed by atoms with Crippen molar-refractivity contribution in [3.8, 4) is 0 Å². The molecule has 0 saturated carbocycles. The fourth-order valence-corrected chi connectivity index (χ4v) is 3.75. The molecular weight excluding hydrogens is 427 g/mol. The van der Waals surface area contributed by atoms with Gasteiger partial charge in [-0.15, -0.1) is 11.8 Å². The van der Waals surface area contributed by atoms with Crippen LogP contribution >= 0.6 is 23.5 Å². The predicted octanol–water partition coefficient (Wildman–Crippen LogP) is 4.60. The normalized spacial score (nSPS) is 24.5. The van der Waals surface area contributed by atoms with Crippen LogP contribution in [0.2, 0.25) is 0 Å². The zero-order valence-corrected chi connectivity index (χ0v) is 19.8. The van der Waals surface area contributed by atoms with E-state index in [9.17, 15) is 0 Å². The predicted molar refractivity (Wildman–Crippen MR) is 123 cm³/mol. The lowest BCUT2D eigenvalue weighted by atomic mass is 10.1. The van der Waals surface area contributed by atoms with Gasteiger partial charge in [-0.05, 0) is 25.4 Å².